The summed E-state index contributed by atoms with van der Waals surface area (Å²) in [5.41, 5.74) is 1.64. The second kappa shape index (κ2) is 9.00. The number of methoxy groups -OCH3 is 1. The number of nitrogens with zero attached hydrogens (tertiary/aromatic N) is 2. The molecule has 7 heteroatoms. The van der Waals surface area contributed by atoms with Crippen LogP contribution in [0.5, 0.6) is 11.5 Å². The third-order valence-electron chi connectivity index (χ3n) is 4.00. The molecule has 146 valence electrons. The highest BCUT2D eigenvalue weighted by Crippen LogP contribution is 2.35. The van der Waals surface area contributed by atoms with Gasteiger partial charge in [-0.3, -0.25) is 9.69 Å². The van der Waals surface area contributed by atoms with E-state index in [4.69, 9.17) is 4.74 Å². The molecule has 0 spiro atoms. The van der Waals surface area contributed by atoms with Gasteiger partial charge in [-0.25, -0.2) is 4.99 Å². The lowest BCUT2D eigenvalue weighted by Crippen LogP contribution is -2.32. The second-order valence-electron chi connectivity index (χ2n) is 6.72. The normalized spacial score (nSPS) is 17.2. The SMILES string of the molecule is COc1ccc(N=C2S/C(=C\c3ccc(O)c(I)c3)C(=O)N2CC(C)C)cc1. The molecule has 3 rings (SSSR count). The molecule has 1 fully saturated rings. The first-order valence-corrected chi connectivity index (χ1v) is 10.7. The largest absolute Gasteiger partial charge is 0.507 e. The van der Waals surface area contributed by atoms with Crippen molar-refractivity contribution in [2.45, 2.75) is 13.8 Å². The number of ether oxygens (including phenoxy) is 1. The minimum absolute atomic E-state index is 0.0472. The summed E-state index contributed by atoms with van der Waals surface area (Å²) >= 11 is 3.44. The average Bonchev–Trinajstić information content (AvgIpc) is 2.94. The lowest BCUT2D eigenvalue weighted by atomic mass is 10.2. The van der Waals surface area contributed by atoms with Crippen molar-refractivity contribution in [1.29, 1.82) is 0 Å². The van der Waals surface area contributed by atoms with E-state index in [2.05, 4.69) is 41.4 Å². The molecular formula is C21H21IN2O3S. The predicted octanol–water partition coefficient (Wildman–Crippen LogP) is 5.27. The topological polar surface area (TPSA) is 62.1 Å². The van der Waals surface area contributed by atoms with Crippen LogP contribution in [0.1, 0.15) is 19.4 Å². The van der Waals surface area contributed by atoms with Crippen LogP contribution in [-0.2, 0) is 4.79 Å². The van der Waals surface area contributed by atoms with Gasteiger partial charge in [-0.1, -0.05) is 19.9 Å². The molecule has 1 amide bonds. The van der Waals surface area contributed by atoms with E-state index in [-0.39, 0.29) is 11.7 Å². The Hall–Kier alpha value is -2.00. The van der Waals surface area contributed by atoms with Crippen molar-refractivity contribution >= 4 is 57.2 Å². The number of hydrogen-bond acceptors (Lipinski definition) is 5. The van der Waals surface area contributed by atoms with Crippen LogP contribution < -0.4 is 4.74 Å². The van der Waals surface area contributed by atoms with E-state index in [9.17, 15) is 9.90 Å². The van der Waals surface area contributed by atoms with E-state index in [0.717, 1.165) is 20.6 Å². The van der Waals surface area contributed by atoms with E-state index in [1.165, 1.54) is 11.8 Å². The van der Waals surface area contributed by atoms with Crippen LogP contribution >= 0.6 is 34.4 Å². The van der Waals surface area contributed by atoms with Crippen LogP contribution in [0.4, 0.5) is 5.69 Å². The molecule has 2 aromatic rings. The van der Waals surface area contributed by atoms with E-state index < -0.39 is 0 Å². The minimum Gasteiger partial charge on any atom is -0.507 e. The summed E-state index contributed by atoms with van der Waals surface area (Å²) in [6.45, 7) is 4.76. The predicted molar refractivity (Wildman–Crippen MR) is 123 cm³/mol. The van der Waals surface area contributed by atoms with Gasteiger partial charge in [0.15, 0.2) is 5.17 Å². The number of aromatic hydroxyl groups is 1. The first-order valence-electron chi connectivity index (χ1n) is 8.80. The Bertz CT molecular complexity index is 939. The summed E-state index contributed by atoms with van der Waals surface area (Å²) in [5.74, 6) is 1.27. The van der Waals surface area contributed by atoms with Gasteiger partial charge in [0.25, 0.3) is 5.91 Å². The number of carbonyl (C=O) groups is 1. The van der Waals surface area contributed by atoms with E-state index >= 15 is 0 Å². The Labute approximate surface area is 182 Å². The van der Waals surface area contributed by atoms with Gasteiger partial charge in [0.1, 0.15) is 11.5 Å². The van der Waals surface area contributed by atoms with Crippen LogP contribution in [-0.4, -0.2) is 34.7 Å². The molecule has 5 nitrogen and oxygen atoms in total. The number of halogens is 1. The highest BCUT2D eigenvalue weighted by molar-refractivity contribution is 14.1. The molecule has 28 heavy (non-hydrogen) atoms. The quantitative estimate of drug-likeness (QED) is 0.442. The van der Waals surface area contributed by atoms with Crippen molar-refractivity contribution in [3.63, 3.8) is 0 Å². The molecule has 0 saturated carbocycles. The van der Waals surface area contributed by atoms with Crippen LogP contribution in [0, 0.1) is 9.49 Å². The van der Waals surface area contributed by atoms with Gasteiger partial charge in [0, 0.05) is 6.54 Å². The molecule has 0 atom stereocenters. The number of benzene rings is 2. The van der Waals surface area contributed by atoms with Crippen molar-refractivity contribution in [2.75, 3.05) is 13.7 Å². The third kappa shape index (κ3) is 4.88. The van der Waals surface area contributed by atoms with Gasteiger partial charge in [-0.05, 0) is 88.3 Å². The molecule has 0 aliphatic carbocycles. The zero-order valence-electron chi connectivity index (χ0n) is 15.8. The molecule has 0 radical (unpaired) electrons. The van der Waals surface area contributed by atoms with Crippen LogP contribution in [0.2, 0.25) is 0 Å². The standard InChI is InChI=1S/C21H21IN2O3S/c1-13(2)12-24-20(26)19(11-14-4-9-18(25)17(22)10-14)28-21(24)23-15-5-7-16(27-3)8-6-15/h4-11,13,25H,12H2,1-3H3/b19-11-,23-21?. The fourth-order valence-corrected chi connectivity index (χ4v) is 4.20. The smallest absolute Gasteiger partial charge is 0.266 e. The fourth-order valence-electron chi connectivity index (χ4n) is 2.65. The molecule has 1 aliphatic heterocycles. The second-order valence-corrected chi connectivity index (χ2v) is 8.89. The summed E-state index contributed by atoms with van der Waals surface area (Å²) < 4.78 is 5.93. The summed E-state index contributed by atoms with van der Waals surface area (Å²) in [4.78, 5) is 20.0. The number of phenolic OH excluding ortho intramolecular Hbond substituents is 1. The monoisotopic (exact) mass is 508 g/mol. The summed E-state index contributed by atoms with van der Waals surface area (Å²) in [7, 11) is 1.62. The molecule has 0 unspecified atom stereocenters. The lowest BCUT2D eigenvalue weighted by Gasteiger charge is -2.17. The van der Waals surface area contributed by atoms with Crippen molar-refractivity contribution in [3.8, 4) is 11.5 Å². The maximum Gasteiger partial charge on any atom is 0.266 e. The number of thioether (sulfide) groups is 1. The van der Waals surface area contributed by atoms with Gasteiger partial charge in [-0.2, -0.15) is 0 Å². The van der Waals surface area contributed by atoms with Crippen LogP contribution in [0.25, 0.3) is 6.08 Å². The van der Waals surface area contributed by atoms with Crippen LogP contribution in [0.15, 0.2) is 52.4 Å². The van der Waals surface area contributed by atoms with Gasteiger partial charge < -0.3 is 9.84 Å². The zero-order valence-corrected chi connectivity index (χ0v) is 18.8. The molecule has 1 saturated heterocycles. The Morgan fingerprint density at radius 2 is 1.96 bits per heavy atom. The van der Waals surface area contributed by atoms with Crippen molar-refractivity contribution in [2.24, 2.45) is 10.9 Å². The molecule has 1 N–H and O–H groups in total. The van der Waals surface area contributed by atoms with E-state index in [1.807, 2.05) is 36.4 Å². The van der Waals surface area contributed by atoms with Crippen molar-refractivity contribution in [3.05, 3.63) is 56.5 Å². The molecule has 0 aromatic heterocycles. The maximum atomic E-state index is 13.0. The van der Waals surface area contributed by atoms with Gasteiger partial charge in [0.05, 0.1) is 21.3 Å². The number of carbonyl (C=O) groups excluding carboxylic acids is 1. The lowest BCUT2D eigenvalue weighted by molar-refractivity contribution is -0.122. The van der Waals surface area contributed by atoms with Gasteiger partial charge in [-0.15, -0.1) is 0 Å². The number of amidine groups is 1. The van der Waals surface area contributed by atoms with E-state index in [1.54, 1.807) is 24.1 Å². The number of phenols is 1. The number of rotatable bonds is 5. The summed E-state index contributed by atoms with van der Waals surface area (Å²) in [5, 5.41) is 10.4. The van der Waals surface area contributed by atoms with Crippen molar-refractivity contribution < 1.29 is 14.6 Å². The average molecular weight is 508 g/mol. The Morgan fingerprint density at radius 1 is 1.25 bits per heavy atom. The number of aliphatic imine (C=N–C) groups is 1. The fraction of sp³-hybridized carbons (Fsp3) is 0.238. The molecular weight excluding hydrogens is 487 g/mol. The minimum atomic E-state index is -0.0472. The van der Waals surface area contributed by atoms with Crippen LogP contribution in [0.3, 0.4) is 0 Å². The zero-order chi connectivity index (χ0) is 20.3. The van der Waals surface area contributed by atoms with Crippen molar-refractivity contribution in [1.82, 2.24) is 4.90 Å². The summed E-state index contributed by atoms with van der Waals surface area (Å²) in [6, 6.07) is 12.7. The van der Waals surface area contributed by atoms with E-state index in [0.29, 0.717) is 22.5 Å². The first kappa shape index (κ1) is 20.7. The molecule has 1 aliphatic rings. The highest BCUT2D eigenvalue weighted by Gasteiger charge is 2.33. The molecule has 1 heterocycles. The third-order valence-corrected chi connectivity index (χ3v) is 5.87. The summed E-state index contributed by atoms with van der Waals surface area (Å²) in [6.07, 6.45) is 1.85. The Kier molecular flexibility index (Phi) is 6.66. The number of amides is 1. The molecule has 0 bridgehead atoms. The van der Waals surface area contributed by atoms with Gasteiger partial charge in [0.2, 0.25) is 0 Å². The molecule has 2 aromatic carbocycles. The Morgan fingerprint density at radius 3 is 2.57 bits per heavy atom. The Balaban J connectivity index is 1.94. The number of hydrogen-bond donors (Lipinski definition) is 1. The van der Waals surface area contributed by atoms with Gasteiger partial charge >= 0.3 is 0 Å². The maximum absolute atomic E-state index is 13.0. The first-order chi connectivity index (χ1) is 13.4. The highest BCUT2D eigenvalue weighted by atomic mass is 127.